The first-order valence-corrected chi connectivity index (χ1v) is 26.6. The summed E-state index contributed by atoms with van der Waals surface area (Å²) in [5.41, 5.74) is -5.09. The number of halogens is 10. The zero-order valence-electron chi connectivity index (χ0n) is 41.9. The van der Waals surface area contributed by atoms with Gasteiger partial charge in [0.2, 0.25) is 11.2 Å². The lowest BCUT2D eigenvalue weighted by molar-refractivity contribution is -0.257. The topological polar surface area (TPSA) is 180 Å². The van der Waals surface area contributed by atoms with Crippen molar-refractivity contribution < 1.29 is 90.1 Å². The molecule has 6 rings (SSSR count). The van der Waals surface area contributed by atoms with Crippen LogP contribution in [0.15, 0.2) is 82.6 Å². The monoisotopic (exact) mass is 1160 g/mol. The predicted octanol–water partition coefficient (Wildman–Crippen LogP) is 11.0. The maximum Gasteiger partial charge on any atom is 0.427 e. The van der Waals surface area contributed by atoms with E-state index >= 15 is 0 Å². The number of benzene rings is 4. The van der Waals surface area contributed by atoms with Crippen LogP contribution in [0.3, 0.4) is 0 Å². The lowest BCUT2D eigenvalue weighted by Gasteiger charge is -2.38. The predicted molar refractivity (Wildman–Crippen MR) is 262 cm³/mol. The largest absolute Gasteiger partial charge is 0.486 e. The molecule has 2 heterocycles. The lowest BCUT2D eigenvalue weighted by atomic mass is 9.97. The van der Waals surface area contributed by atoms with Crippen molar-refractivity contribution in [2.45, 2.75) is 127 Å². The Morgan fingerprint density at radius 3 is 1.21 bits per heavy atom. The van der Waals surface area contributed by atoms with E-state index in [1.165, 1.54) is 50.2 Å². The molecule has 2 unspecified atom stereocenters. The maximum atomic E-state index is 13.7. The second-order valence-electron chi connectivity index (χ2n) is 19.2. The SMILES string of the molecule is CC(=O)C[C@@H](C)C1CN(S(=O)(=O)c2ccc(F)c(Cl)c2)c2cc(CC(=O)OC(C)(C)C(F)(F)F)ccc2O1.CC(=O)C[C@H](C)C1CN(S(=O)(=O)c2ccc(F)c(Cl)c2)c2cc(CC(=O)OC(C)(C)C(F)(F)F)ccc2O1. The highest BCUT2D eigenvalue weighted by Gasteiger charge is 2.52. The second kappa shape index (κ2) is 23.1. The van der Waals surface area contributed by atoms with E-state index in [-0.39, 0.29) is 93.1 Å². The average molecular weight is 1160 g/mol. The number of anilines is 2. The number of rotatable bonds is 16. The van der Waals surface area contributed by atoms with Crippen LogP contribution >= 0.6 is 23.2 Å². The van der Waals surface area contributed by atoms with E-state index in [0.29, 0.717) is 0 Å². The summed E-state index contributed by atoms with van der Waals surface area (Å²) in [5, 5.41) is -0.824. The molecule has 76 heavy (non-hydrogen) atoms. The number of ether oxygens (including phenoxy) is 4. The van der Waals surface area contributed by atoms with Gasteiger partial charge in [-0.15, -0.1) is 0 Å². The number of Topliss-reactive ketones (excluding diaryl/α,β-unsaturated/α-hetero) is 2. The molecule has 4 aromatic carbocycles. The number of hydrogen-bond donors (Lipinski definition) is 0. The van der Waals surface area contributed by atoms with Crippen LogP contribution in [-0.4, -0.2) is 89.2 Å². The van der Waals surface area contributed by atoms with Gasteiger partial charge < -0.3 is 28.5 Å². The van der Waals surface area contributed by atoms with Gasteiger partial charge in [0.15, 0.2) is 0 Å². The Bertz CT molecular complexity index is 2900. The second-order valence-corrected chi connectivity index (χ2v) is 23.8. The van der Waals surface area contributed by atoms with Crippen molar-refractivity contribution in [1.29, 1.82) is 0 Å². The molecule has 0 aromatic heterocycles. The number of carbonyl (C=O) groups is 4. The van der Waals surface area contributed by atoms with Gasteiger partial charge in [-0.1, -0.05) is 49.2 Å². The van der Waals surface area contributed by atoms with E-state index in [1.807, 2.05) is 0 Å². The molecule has 0 N–H and O–H groups in total. The smallest absolute Gasteiger partial charge is 0.427 e. The first-order valence-electron chi connectivity index (χ1n) is 23.0. The van der Waals surface area contributed by atoms with Gasteiger partial charge in [0, 0.05) is 24.7 Å². The molecule has 26 heteroatoms. The molecule has 14 nitrogen and oxygen atoms in total. The summed E-state index contributed by atoms with van der Waals surface area (Å²) in [7, 11) is -8.70. The third-order valence-corrected chi connectivity index (χ3v) is 16.2. The number of sulfonamides is 2. The molecular weight excluding hydrogens is 1110 g/mol. The minimum absolute atomic E-state index is 0.0112. The van der Waals surface area contributed by atoms with Gasteiger partial charge in [-0.25, -0.2) is 25.6 Å². The number of esters is 2. The molecule has 0 amide bonds. The number of fused-ring (bicyclic) bond motifs is 2. The first kappa shape index (κ1) is 61.1. The Balaban J connectivity index is 0.000000281. The number of hydrogen-bond acceptors (Lipinski definition) is 12. The Labute approximate surface area is 443 Å². The molecule has 416 valence electrons. The number of nitrogens with zero attached hydrogens (tertiary/aromatic N) is 2. The Morgan fingerprint density at radius 2 is 0.921 bits per heavy atom. The molecule has 0 spiro atoms. The highest BCUT2D eigenvalue weighted by Crippen LogP contribution is 2.43. The fourth-order valence-corrected chi connectivity index (χ4v) is 11.2. The van der Waals surface area contributed by atoms with Gasteiger partial charge >= 0.3 is 24.3 Å². The summed E-state index contributed by atoms with van der Waals surface area (Å²) >= 11 is 11.6. The number of ketones is 2. The van der Waals surface area contributed by atoms with Gasteiger partial charge in [-0.3, -0.25) is 18.2 Å². The van der Waals surface area contributed by atoms with Crippen LogP contribution in [0, 0.1) is 23.5 Å². The molecule has 4 aromatic rings. The third-order valence-electron chi connectivity index (χ3n) is 12.1. The van der Waals surface area contributed by atoms with Crippen LogP contribution in [0.2, 0.25) is 10.0 Å². The zero-order valence-corrected chi connectivity index (χ0v) is 45.0. The first-order chi connectivity index (χ1) is 34.8. The van der Waals surface area contributed by atoms with Crippen LogP contribution in [0.1, 0.15) is 79.4 Å². The van der Waals surface area contributed by atoms with Crippen molar-refractivity contribution in [3.05, 3.63) is 106 Å². The maximum absolute atomic E-state index is 13.7. The Hall–Kier alpha value is -5.72. The summed E-state index contributed by atoms with van der Waals surface area (Å²) in [4.78, 5) is 47.3. The molecule has 0 aliphatic carbocycles. The van der Waals surface area contributed by atoms with Crippen LogP contribution in [0.25, 0.3) is 0 Å². The highest BCUT2D eigenvalue weighted by molar-refractivity contribution is 7.93. The highest BCUT2D eigenvalue weighted by atomic mass is 35.5. The quantitative estimate of drug-likeness (QED) is 0.0766. The summed E-state index contributed by atoms with van der Waals surface area (Å²) in [6, 6.07) is 14.0. The van der Waals surface area contributed by atoms with Crippen molar-refractivity contribution in [2.75, 3.05) is 21.7 Å². The van der Waals surface area contributed by atoms with Gasteiger partial charge in [-0.05, 0) is 113 Å². The third kappa shape index (κ3) is 14.4. The van der Waals surface area contributed by atoms with Crippen LogP contribution in [0.4, 0.5) is 46.5 Å². The molecule has 4 atom stereocenters. The van der Waals surface area contributed by atoms with Gasteiger partial charge in [0.1, 0.15) is 46.9 Å². The van der Waals surface area contributed by atoms with Gasteiger partial charge in [0.05, 0.1) is 57.1 Å². The summed E-state index contributed by atoms with van der Waals surface area (Å²) < 4.78 is 184. The van der Waals surface area contributed by atoms with Crippen molar-refractivity contribution in [2.24, 2.45) is 11.8 Å². The van der Waals surface area contributed by atoms with E-state index in [1.54, 1.807) is 13.8 Å². The molecular formula is C50H52Cl2F8N2O12S2. The normalized spacial score (nSPS) is 16.9. The summed E-state index contributed by atoms with van der Waals surface area (Å²) in [6.45, 7) is 8.66. The molecule has 0 saturated heterocycles. The number of carbonyl (C=O) groups excluding carboxylic acids is 4. The van der Waals surface area contributed by atoms with Crippen molar-refractivity contribution in [3.63, 3.8) is 0 Å². The fourth-order valence-electron chi connectivity index (χ4n) is 7.70. The minimum Gasteiger partial charge on any atom is -0.486 e. The average Bonchev–Trinajstić information content (AvgIpc) is 3.28. The Kier molecular flexibility index (Phi) is 18.6. The molecule has 0 saturated carbocycles. The van der Waals surface area contributed by atoms with Crippen molar-refractivity contribution in [3.8, 4) is 11.5 Å². The van der Waals surface area contributed by atoms with E-state index in [0.717, 1.165) is 72.7 Å². The van der Waals surface area contributed by atoms with Gasteiger partial charge in [0.25, 0.3) is 20.0 Å². The zero-order chi connectivity index (χ0) is 57.3. The lowest BCUT2D eigenvalue weighted by Crippen LogP contribution is -2.46. The summed E-state index contributed by atoms with van der Waals surface area (Å²) in [6.07, 6.45) is -12.0. The van der Waals surface area contributed by atoms with E-state index < -0.39 is 102 Å². The van der Waals surface area contributed by atoms with Crippen LogP contribution in [-0.2, 0) is 61.5 Å². The standard InChI is InChI=1S/2C25H26ClF4NO6S/c2*1-14(9-15(2)32)22-13-31(38(34,35)17-6-7-19(27)18(26)12-17)20-10-16(5-8-21(20)36-22)11-23(33)37-24(3,4)25(28,29)30/h2*5-8,10,12,14,22H,9,11,13H2,1-4H3/t2*14-,22?/m10/s1. The van der Waals surface area contributed by atoms with Crippen LogP contribution < -0.4 is 18.1 Å². The van der Waals surface area contributed by atoms with Crippen molar-refractivity contribution >= 4 is 78.1 Å². The number of alkyl halides is 6. The summed E-state index contributed by atoms with van der Waals surface area (Å²) in [5.74, 6) is -4.75. The van der Waals surface area contributed by atoms with Gasteiger partial charge in [-0.2, -0.15) is 26.3 Å². The van der Waals surface area contributed by atoms with E-state index in [2.05, 4.69) is 9.47 Å². The molecule has 0 fully saturated rings. The molecule has 2 aliphatic heterocycles. The minimum atomic E-state index is -4.79. The molecule has 2 aliphatic rings. The molecule has 0 radical (unpaired) electrons. The molecule has 0 bridgehead atoms. The Morgan fingerprint density at radius 1 is 0.592 bits per heavy atom. The van der Waals surface area contributed by atoms with E-state index in [4.69, 9.17) is 32.7 Å². The van der Waals surface area contributed by atoms with E-state index in [9.17, 15) is 71.1 Å². The van der Waals surface area contributed by atoms with Crippen LogP contribution in [0.5, 0.6) is 11.5 Å². The van der Waals surface area contributed by atoms with Crippen molar-refractivity contribution in [1.82, 2.24) is 0 Å². The fraction of sp³-hybridized carbons (Fsp3) is 0.440.